The summed E-state index contributed by atoms with van der Waals surface area (Å²) >= 11 is 3.75. The lowest BCUT2D eigenvalue weighted by atomic mass is 10.1. The number of ether oxygens (including phenoxy) is 1. The van der Waals surface area contributed by atoms with E-state index < -0.39 is 0 Å². The minimum atomic E-state index is 0.314. The first-order valence-electron chi connectivity index (χ1n) is 10.3. The Bertz CT molecular complexity index is 945. The molecule has 1 aromatic heterocycles. The number of nitrogens with one attached hydrogen (secondary N) is 1. The molecule has 0 saturated carbocycles. The molecule has 29 heavy (non-hydrogen) atoms. The molecule has 2 aromatic carbocycles. The number of hydrogen-bond acceptors (Lipinski definition) is 3. The molecule has 0 spiro atoms. The molecule has 1 fully saturated rings. The van der Waals surface area contributed by atoms with E-state index >= 15 is 0 Å². The van der Waals surface area contributed by atoms with E-state index in [4.69, 9.17) is 4.74 Å². The van der Waals surface area contributed by atoms with E-state index in [2.05, 4.69) is 87.3 Å². The van der Waals surface area contributed by atoms with Crippen LogP contribution in [-0.2, 0) is 17.8 Å². The van der Waals surface area contributed by atoms with Gasteiger partial charge in [0.05, 0.1) is 18.0 Å². The molecule has 2 heterocycles. The Kier molecular flexibility index (Phi) is 6.48. The van der Waals surface area contributed by atoms with Crippen molar-refractivity contribution in [3.8, 4) is 11.3 Å². The standard InChI is InChI=1S/C24H28BrN3O/c1-17-5-8-19(9-6-17)24-21(13-26-27-24)15-28(16-22-4-3-11-29-22)14-20-10-7-18(2)12-23(20)25/h5-10,12-13,22H,3-4,11,14-16H2,1-2H3,(H,26,27). The maximum atomic E-state index is 5.94. The van der Waals surface area contributed by atoms with Gasteiger partial charge < -0.3 is 4.74 Å². The van der Waals surface area contributed by atoms with Crippen LogP contribution < -0.4 is 0 Å². The van der Waals surface area contributed by atoms with Crippen molar-refractivity contribution in [3.63, 3.8) is 0 Å². The number of nitrogens with zero attached hydrogens (tertiary/aromatic N) is 2. The van der Waals surface area contributed by atoms with E-state index in [0.29, 0.717) is 6.10 Å². The zero-order valence-corrected chi connectivity index (χ0v) is 18.7. The first-order chi connectivity index (χ1) is 14.1. The van der Waals surface area contributed by atoms with Crippen LogP contribution in [0.1, 0.15) is 35.1 Å². The maximum Gasteiger partial charge on any atom is 0.0703 e. The van der Waals surface area contributed by atoms with E-state index in [1.54, 1.807) is 0 Å². The van der Waals surface area contributed by atoms with Crippen molar-refractivity contribution < 1.29 is 4.74 Å². The van der Waals surface area contributed by atoms with Gasteiger partial charge in [-0.25, -0.2) is 0 Å². The van der Waals surface area contributed by atoms with Gasteiger partial charge in [-0.1, -0.05) is 57.9 Å². The number of aromatic amines is 1. The number of benzene rings is 2. The Morgan fingerprint density at radius 2 is 1.83 bits per heavy atom. The lowest BCUT2D eigenvalue weighted by Gasteiger charge is -2.26. The topological polar surface area (TPSA) is 41.2 Å². The molecular formula is C24H28BrN3O. The molecule has 1 saturated heterocycles. The van der Waals surface area contributed by atoms with E-state index in [9.17, 15) is 0 Å². The van der Waals surface area contributed by atoms with Gasteiger partial charge >= 0.3 is 0 Å². The first-order valence-corrected chi connectivity index (χ1v) is 11.1. The third-order valence-corrected chi connectivity index (χ3v) is 6.28. The van der Waals surface area contributed by atoms with Gasteiger partial charge in [0, 0.05) is 36.3 Å². The van der Waals surface area contributed by atoms with Crippen molar-refractivity contribution in [2.45, 2.75) is 45.9 Å². The molecule has 1 atom stereocenters. The molecule has 4 nitrogen and oxygen atoms in total. The second-order valence-corrected chi connectivity index (χ2v) is 8.89. The maximum absolute atomic E-state index is 5.94. The number of rotatable bonds is 7. The Hall–Kier alpha value is -1.95. The summed E-state index contributed by atoms with van der Waals surface area (Å²) in [6.07, 6.45) is 4.57. The van der Waals surface area contributed by atoms with Crippen LogP contribution >= 0.6 is 15.9 Å². The molecule has 0 aliphatic carbocycles. The predicted molar refractivity (Wildman–Crippen MR) is 121 cm³/mol. The highest BCUT2D eigenvalue weighted by molar-refractivity contribution is 9.10. The summed E-state index contributed by atoms with van der Waals surface area (Å²) in [5, 5.41) is 7.56. The summed E-state index contributed by atoms with van der Waals surface area (Å²) in [5.74, 6) is 0. The predicted octanol–water partition coefficient (Wildman–Crippen LogP) is 5.64. The molecule has 3 aromatic rings. The van der Waals surface area contributed by atoms with Gasteiger partial charge in [0.15, 0.2) is 0 Å². The fourth-order valence-electron chi connectivity index (χ4n) is 3.92. The largest absolute Gasteiger partial charge is 0.377 e. The van der Waals surface area contributed by atoms with Gasteiger partial charge in [0.2, 0.25) is 0 Å². The van der Waals surface area contributed by atoms with Gasteiger partial charge in [-0.3, -0.25) is 10.00 Å². The zero-order valence-electron chi connectivity index (χ0n) is 17.1. The minimum Gasteiger partial charge on any atom is -0.377 e. The number of aryl methyl sites for hydroxylation is 2. The molecular weight excluding hydrogens is 426 g/mol. The molecule has 0 radical (unpaired) electrons. The molecule has 4 rings (SSSR count). The third-order valence-electron chi connectivity index (χ3n) is 5.54. The normalized spacial score (nSPS) is 16.6. The molecule has 1 aliphatic heterocycles. The second-order valence-electron chi connectivity index (χ2n) is 8.04. The Morgan fingerprint density at radius 1 is 1.07 bits per heavy atom. The van der Waals surface area contributed by atoms with Crippen molar-refractivity contribution in [1.82, 2.24) is 15.1 Å². The first kappa shape index (κ1) is 20.3. The van der Waals surface area contributed by atoms with Crippen LogP contribution in [0, 0.1) is 13.8 Å². The summed E-state index contributed by atoms with van der Waals surface area (Å²) in [6, 6.07) is 15.2. The summed E-state index contributed by atoms with van der Waals surface area (Å²) in [6.45, 7) is 7.75. The highest BCUT2D eigenvalue weighted by Gasteiger charge is 2.21. The van der Waals surface area contributed by atoms with Crippen LogP contribution in [0.4, 0.5) is 0 Å². The van der Waals surface area contributed by atoms with Crippen molar-refractivity contribution in [1.29, 1.82) is 0 Å². The van der Waals surface area contributed by atoms with Crippen LogP contribution in [0.15, 0.2) is 53.1 Å². The summed E-state index contributed by atoms with van der Waals surface area (Å²) in [5.41, 5.74) is 7.33. The van der Waals surface area contributed by atoms with E-state index in [-0.39, 0.29) is 0 Å². The summed E-state index contributed by atoms with van der Waals surface area (Å²) < 4.78 is 7.11. The quantitative estimate of drug-likeness (QED) is 0.503. The fourth-order valence-corrected chi connectivity index (χ4v) is 4.54. The SMILES string of the molecule is Cc1ccc(-c2[nH]ncc2CN(Cc2ccc(C)cc2Br)CC2CCCO2)cc1. The van der Waals surface area contributed by atoms with Gasteiger partial charge in [-0.15, -0.1) is 0 Å². The monoisotopic (exact) mass is 453 g/mol. The summed E-state index contributed by atoms with van der Waals surface area (Å²) in [4.78, 5) is 2.48. The smallest absolute Gasteiger partial charge is 0.0703 e. The molecule has 1 N–H and O–H groups in total. The van der Waals surface area contributed by atoms with Gasteiger partial charge in [0.25, 0.3) is 0 Å². The fraction of sp³-hybridized carbons (Fsp3) is 0.375. The van der Waals surface area contributed by atoms with Gasteiger partial charge in [-0.05, 0) is 49.4 Å². The van der Waals surface area contributed by atoms with Crippen molar-refractivity contribution in [2.24, 2.45) is 0 Å². The van der Waals surface area contributed by atoms with Crippen LogP contribution in [0.5, 0.6) is 0 Å². The van der Waals surface area contributed by atoms with Crippen molar-refractivity contribution in [2.75, 3.05) is 13.2 Å². The highest BCUT2D eigenvalue weighted by atomic mass is 79.9. The number of hydrogen-bond donors (Lipinski definition) is 1. The Labute approximate surface area is 181 Å². The minimum absolute atomic E-state index is 0.314. The lowest BCUT2D eigenvalue weighted by molar-refractivity contribution is 0.0679. The Balaban J connectivity index is 1.57. The van der Waals surface area contributed by atoms with Gasteiger partial charge in [-0.2, -0.15) is 5.10 Å². The van der Waals surface area contributed by atoms with Crippen LogP contribution in [0.3, 0.4) is 0 Å². The van der Waals surface area contributed by atoms with Crippen LogP contribution in [-0.4, -0.2) is 34.4 Å². The number of aromatic nitrogens is 2. The second kappa shape index (κ2) is 9.24. The molecule has 0 bridgehead atoms. The molecule has 5 heteroatoms. The zero-order chi connectivity index (χ0) is 20.2. The number of H-pyrrole nitrogens is 1. The van der Waals surface area contributed by atoms with Crippen LogP contribution in [0.25, 0.3) is 11.3 Å². The Morgan fingerprint density at radius 3 is 2.55 bits per heavy atom. The summed E-state index contributed by atoms with van der Waals surface area (Å²) in [7, 11) is 0. The van der Waals surface area contributed by atoms with Crippen LogP contribution in [0.2, 0.25) is 0 Å². The average Bonchev–Trinajstić information content (AvgIpc) is 3.37. The van der Waals surface area contributed by atoms with E-state index in [0.717, 1.165) is 44.8 Å². The van der Waals surface area contributed by atoms with E-state index in [1.165, 1.54) is 32.3 Å². The molecule has 152 valence electrons. The molecule has 0 amide bonds. The van der Waals surface area contributed by atoms with Gasteiger partial charge in [0.1, 0.15) is 0 Å². The third kappa shape index (κ3) is 5.16. The van der Waals surface area contributed by atoms with Crippen molar-refractivity contribution in [3.05, 3.63) is 75.4 Å². The molecule has 1 unspecified atom stereocenters. The number of halogens is 1. The average molecular weight is 454 g/mol. The molecule has 1 aliphatic rings. The van der Waals surface area contributed by atoms with E-state index in [1.807, 2.05) is 6.20 Å². The highest BCUT2D eigenvalue weighted by Crippen LogP contribution is 2.26. The van der Waals surface area contributed by atoms with Crippen molar-refractivity contribution >= 4 is 15.9 Å². The lowest BCUT2D eigenvalue weighted by Crippen LogP contribution is -2.31.